The van der Waals surface area contributed by atoms with Gasteiger partial charge in [-0.15, -0.1) is 23.2 Å². The van der Waals surface area contributed by atoms with E-state index in [1.54, 1.807) is 0 Å². The maximum atomic E-state index is 11.8. The van der Waals surface area contributed by atoms with Crippen LogP contribution in [0.4, 0.5) is 26.3 Å². The van der Waals surface area contributed by atoms with E-state index >= 15 is 0 Å². The van der Waals surface area contributed by atoms with Gasteiger partial charge < -0.3 is 0 Å². The summed E-state index contributed by atoms with van der Waals surface area (Å²) in [7, 11) is 0. The van der Waals surface area contributed by atoms with Crippen LogP contribution >= 0.6 is 23.2 Å². The third kappa shape index (κ3) is 8.85. The molecule has 0 heterocycles. The van der Waals surface area contributed by atoms with Gasteiger partial charge in [-0.25, -0.2) is 0 Å². The van der Waals surface area contributed by atoms with Crippen LogP contribution in [0.5, 0.6) is 0 Å². The molecule has 0 aromatic heterocycles. The Morgan fingerprint density at radius 1 is 0.833 bits per heavy atom. The van der Waals surface area contributed by atoms with Crippen LogP contribution < -0.4 is 0 Å². The van der Waals surface area contributed by atoms with Gasteiger partial charge in [0.1, 0.15) is 0 Å². The highest BCUT2D eigenvalue weighted by Gasteiger charge is 2.34. The van der Waals surface area contributed by atoms with Crippen molar-refractivity contribution in [1.82, 2.24) is 0 Å². The number of ketones is 1. The first-order valence-electron chi connectivity index (χ1n) is 4.88. The van der Waals surface area contributed by atoms with E-state index in [0.29, 0.717) is 0 Å². The van der Waals surface area contributed by atoms with Gasteiger partial charge in [-0.05, 0) is 12.8 Å². The molecule has 2 unspecified atom stereocenters. The van der Waals surface area contributed by atoms with Gasteiger partial charge in [-0.2, -0.15) is 26.3 Å². The predicted molar refractivity (Wildman–Crippen MR) is 54.9 cm³/mol. The fraction of sp³-hybridized carbons (Fsp3) is 0.889. The second kappa shape index (κ2) is 6.84. The Morgan fingerprint density at radius 3 is 1.33 bits per heavy atom. The Morgan fingerprint density at radius 2 is 1.11 bits per heavy atom. The van der Waals surface area contributed by atoms with Gasteiger partial charge in [0.05, 0.1) is 10.8 Å². The van der Waals surface area contributed by atoms with E-state index in [2.05, 4.69) is 0 Å². The van der Waals surface area contributed by atoms with Gasteiger partial charge in [0.15, 0.2) is 5.78 Å². The van der Waals surface area contributed by atoms with E-state index < -0.39 is 54.6 Å². The third-order valence-corrected chi connectivity index (χ3v) is 2.85. The molecule has 0 aromatic carbocycles. The molecule has 2 atom stereocenters. The van der Waals surface area contributed by atoms with Crippen molar-refractivity contribution in [3.05, 3.63) is 0 Å². The summed E-state index contributed by atoms with van der Waals surface area (Å²) in [5.74, 6) is -1.01. The fourth-order valence-electron chi connectivity index (χ4n) is 1.06. The number of hydrogen-bond donors (Lipinski definition) is 0. The van der Waals surface area contributed by atoms with Gasteiger partial charge in [0, 0.05) is 12.8 Å². The fourth-order valence-corrected chi connectivity index (χ4v) is 1.65. The van der Waals surface area contributed by atoms with Gasteiger partial charge in [-0.1, -0.05) is 0 Å². The van der Waals surface area contributed by atoms with E-state index in [0.717, 1.165) is 0 Å². The summed E-state index contributed by atoms with van der Waals surface area (Å²) < 4.78 is 71.0. The largest absolute Gasteiger partial charge is 0.389 e. The van der Waals surface area contributed by atoms with Crippen molar-refractivity contribution >= 4 is 29.0 Å². The van der Waals surface area contributed by atoms with Crippen molar-refractivity contribution in [2.24, 2.45) is 0 Å². The summed E-state index contributed by atoms with van der Waals surface area (Å²) in [6.07, 6.45) is -12.9. The van der Waals surface area contributed by atoms with Crippen molar-refractivity contribution in [2.75, 3.05) is 0 Å². The minimum absolute atomic E-state index is 0.695. The van der Waals surface area contributed by atoms with E-state index in [1.165, 1.54) is 0 Å². The maximum Gasteiger partial charge on any atom is 0.389 e. The zero-order valence-electron chi connectivity index (χ0n) is 8.92. The Labute approximate surface area is 109 Å². The summed E-state index contributed by atoms with van der Waals surface area (Å²) in [5.41, 5.74) is 0. The molecule has 0 amide bonds. The third-order valence-electron chi connectivity index (χ3n) is 1.98. The molecule has 0 saturated carbocycles. The standard InChI is InChI=1S/C9H10Cl2F6O/c10-5(1-3-8(12,13)14)7(18)6(11)2-4-9(15,16)17/h5-6H,1-4H2. The average Bonchev–Trinajstić information content (AvgIpc) is 2.19. The predicted octanol–water partition coefficient (Wildman–Crippen LogP) is 4.46. The number of Topliss-reactive ketones (excluding diaryl/α,β-unsaturated/α-hetero) is 1. The minimum atomic E-state index is -4.47. The van der Waals surface area contributed by atoms with Gasteiger partial charge in [-0.3, -0.25) is 4.79 Å². The van der Waals surface area contributed by atoms with Crippen molar-refractivity contribution in [3.8, 4) is 0 Å². The molecule has 9 heteroatoms. The van der Waals surface area contributed by atoms with Crippen LogP contribution in [-0.4, -0.2) is 28.9 Å². The second-order valence-electron chi connectivity index (χ2n) is 3.65. The molecule has 0 aromatic rings. The molecule has 0 aliphatic rings. The Balaban J connectivity index is 4.13. The average molecular weight is 319 g/mol. The van der Waals surface area contributed by atoms with Gasteiger partial charge in [0.25, 0.3) is 0 Å². The normalized spacial score (nSPS) is 16.4. The van der Waals surface area contributed by atoms with Crippen LogP contribution in [-0.2, 0) is 4.79 Å². The lowest BCUT2D eigenvalue weighted by Gasteiger charge is -2.15. The van der Waals surface area contributed by atoms with Crippen LogP contribution in [0, 0.1) is 0 Å². The Kier molecular flexibility index (Phi) is 6.78. The zero-order chi connectivity index (χ0) is 14.6. The molecule has 0 bridgehead atoms. The molecular formula is C9H10Cl2F6O. The number of rotatable bonds is 6. The lowest BCUT2D eigenvalue weighted by molar-refractivity contribution is -0.137. The van der Waals surface area contributed by atoms with Gasteiger partial charge >= 0.3 is 12.4 Å². The lowest BCUT2D eigenvalue weighted by atomic mass is 10.1. The Bertz CT molecular complexity index is 249. The molecule has 18 heavy (non-hydrogen) atoms. The zero-order valence-corrected chi connectivity index (χ0v) is 10.4. The van der Waals surface area contributed by atoms with E-state index in [4.69, 9.17) is 23.2 Å². The van der Waals surface area contributed by atoms with E-state index in [-0.39, 0.29) is 0 Å². The van der Waals surface area contributed by atoms with Crippen molar-refractivity contribution in [3.63, 3.8) is 0 Å². The summed E-state index contributed by atoms with van der Waals surface area (Å²) in [5, 5.41) is -3.05. The molecule has 0 N–H and O–H groups in total. The molecule has 0 fully saturated rings. The molecule has 0 aliphatic carbocycles. The highest BCUT2D eigenvalue weighted by atomic mass is 35.5. The molecule has 0 aliphatic heterocycles. The summed E-state index contributed by atoms with van der Waals surface area (Å²) in [4.78, 5) is 11.3. The first-order chi connectivity index (χ1) is 7.92. The molecule has 0 radical (unpaired) electrons. The molecule has 0 spiro atoms. The van der Waals surface area contributed by atoms with E-state index in [1.807, 2.05) is 0 Å². The number of carbonyl (C=O) groups excluding carboxylic acids is 1. The van der Waals surface area contributed by atoms with Crippen LogP contribution in [0.3, 0.4) is 0 Å². The quantitative estimate of drug-likeness (QED) is 0.522. The monoisotopic (exact) mass is 318 g/mol. The maximum absolute atomic E-state index is 11.8. The van der Waals surface area contributed by atoms with Crippen LogP contribution in [0.25, 0.3) is 0 Å². The SMILES string of the molecule is O=C(C(Cl)CCC(F)(F)F)C(Cl)CCC(F)(F)F. The first kappa shape index (κ1) is 17.8. The number of halogens is 8. The number of hydrogen-bond acceptors (Lipinski definition) is 1. The molecule has 1 nitrogen and oxygen atoms in total. The molecule has 108 valence electrons. The van der Waals surface area contributed by atoms with E-state index in [9.17, 15) is 31.1 Å². The highest BCUT2D eigenvalue weighted by Crippen LogP contribution is 2.27. The summed E-state index contributed by atoms with van der Waals surface area (Å²) >= 11 is 10.7. The van der Waals surface area contributed by atoms with Crippen LogP contribution in [0.1, 0.15) is 25.7 Å². The first-order valence-corrected chi connectivity index (χ1v) is 5.75. The molecule has 0 saturated heterocycles. The lowest BCUT2D eigenvalue weighted by Crippen LogP contribution is -2.27. The molecule has 0 rings (SSSR count). The van der Waals surface area contributed by atoms with Crippen LogP contribution in [0.2, 0.25) is 0 Å². The smallest absolute Gasteiger partial charge is 0.296 e. The number of alkyl halides is 8. The molecular weight excluding hydrogens is 309 g/mol. The second-order valence-corrected chi connectivity index (χ2v) is 4.70. The summed E-state index contributed by atoms with van der Waals surface area (Å²) in [6.45, 7) is 0. The summed E-state index contributed by atoms with van der Waals surface area (Å²) in [6, 6.07) is 0. The Hall–Kier alpha value is -0.170. The van der Waals surface area contributed by atoms with Crippen molar-refractivity contribution < 1.29 is 31.1 Å². The van der Waals surface area contributed by atoms with Gasteiger partial charge in [0.2, 0.25) is 0 Å². The number of carbonyl (C=O) groups is 1. The van der Waals surface area contributed by atoms with Crippen molar-refractivity contribution in [1.29, 1.82) is 0 Å². The van der Waals surface area contributed by atoms with Crippen molar-refractivity contribution in [2.45, 2.75) is 48.8 Å². The van der Waals surface area contributed by atoms with Crippen LogP contribution in [0.15, 0.2) is 0 Å². The topological polar surface area (TPSA) is 17.1 Å². The highest BCUT2D eigenvalue weighted by molar-refractivity contribution is 6.40. The minimum Gasteiger partial charge on any atom is -0.296 e.